The Hall–Kier alpha value is -3.77. The number of methoxy groups -OCH3 is 1. The van der Waals surface area contributed by atoms with Gasteiger partial charge in [0, 0.05) is 31.5 Å². The van der Waals surface area contributed by atoms with E-state index in [2.05, 4.69) is 5.16 Å². The molecule has 0 radical (unpaired) electrons. The molecule has 0 atom stereocenters. The maximum Gasteiger partial charge on any atom is 0.268 e. The minimum Gasteiger partial charge on any atom is -0.485 e. The van der Waals surface area contributed by atoms with Crippen molar-refractivity contribution in [3.8, 4) is 11.8 Å². The van der Waals surface area contributed by atoms with Crippen molar-refractivity contribution in [3.05, 3.63) is 80.8 Å². The lowest BCUT2D eigenvalue weighted by Gasteiger charge is -2.12. The van der Waals surface area contributed by atoms with Crippen LogP contribution in [0.1, 0.15) is 32.9 Å². The second kappa shape index (κ2) is 9.15. The monoisotopic (exact) mass is 411 g/mol. The highest BCUT2D eigenvalue weighted by atomic mass is 19.1. The first kappa shape index (κ1) is 21.0. The van der Waals surface area contributed by atoms with E-state index in [4.69, 9.17) is 14.0 Å². The summed E-state index contributed by atoms with van der Waals surface area (Å²) in [6.45, 7) is 2.12. The van der Waals surface area contributed by atoms with Gasteiger partial charge in [0.15, 0.2) is 11.5 Å². The van der Waals surface area contributed by atoms with E-state index in [9.17, 15) is 19.2 Å². The van der Waals surface area contributed by atoms with Gasteiger partial charge < -0.3 is 18.6 Å². The van der Waals surface area contributed by atoms with E-state index in [1.807, 2.05) is 0 Å². The number of halogens is 1. The van der Waals surface area contributed by atoms with Crippen LogP contribution in [0, 0.1) is 24.1 Å². The molecule has 30 heavy (non-hydrogen) atoms. The Balaban J connectivity index is 1.97. The summed E-state index contributed by atoms with van der Waals surface area (Å²) in [4.78, 5) is 25.4. The van der Waals surface area contributed by atoms with Crippen molar-refractivity contribution in [1.82, 2.24) is 9.72 Å². The minimum absolute atomic E-state index is 0.0104. The molecule has 9 heteroatoms. The van der Waals surface area contributed by atoms with Gasteiger partial charge in [0.1, 0.15) is 29.8 Å². The molecule has 0 saturated heterocycles. The molecule has 0 spiro atoms. The lowest BCUT2D eigenvalue weighted by molar-refractivity contribution is 0.103. The van der Waals surface area contributed by atoms with Gasteiger partial charge in [0.25, 0.3) is 5.56 Å². The smallest absolute Gasteiger partial charge is 0.268 e. The summed E-state index contributed by atoms with van der Waals surface area (Å²) >= 11 is 0. The number of ketones is 1. The Morgan fingerprint density at radius 2 is 2.13 bits per heavy atom. The Bertz CT molecular complexity index is 1180. The van der Waals surface area contributed by atoms with E-state index in [-0.39, 0.29) is 42.2 Å². The molecule has 0 unspecified atom stereocenters. The van der Waals surface area contributed by atoms with E-state index in [0.29, 0.717) is 11.5 Å². The average Bonchev–Trinajstić information content (AvgIpc) is 3.16. The number of aromatic nitrogens is 2. The van der Waals surface area contributed by atoms with E-state index in [0.717, 1.165) is 12.1 Å². The van der Waals surface area contributed by atoms with Gasteiger partial charge in [-0.3, -0.25) is 9.59 Å². The van der Waals surface area contributed by atoms with Gasteiger partial charge in [-0.2, -0.15) is 5.26 Å². The number of hydrogen-bond donors (Lipinski definition) is 0. The van der Waals surface area contributed by atoms with E-state index < -0.39 is 17.2 Å². The van der Waals surface area contributed by atoms with Crippen LogP contribution in [0.5, 0.6) is 5.75 Å². The molecule has 0 N–H and O–H groups in total. The van der Waals surface area contributed by atoms with Gasteiger partial charge in [-0.15, -0.1) is 0 Å². The van der Waals surface area contributed by atoms with Crippen molar-refractivity contribution < 1.29 is 23.2 Å². The zero-order valence-corrected chi connectivity index (χ0v) is 16.3. The third-order valence-electron chi connectivity index (χ3n) is 4.24. The Labute approximate surface area is 171 Å². The van der Waals surface area contributed by atoms with Crippen LogP contribution in [-0.4, -0.2) is 29.2 Å². The van der Waals surface area contributed by atoms with Crippen LogP contribution in [0.3, 0.4) is 0 Å². The Morgan fingerprint density at radius 1 is 1.33 bits per heavy atom. The highest BCUT2D eigenvalue weighted by Gasteiger charge is 2.19. The van der Waals surface area contributed by atoms with Crippen LogP contribution in [0.4, 0.5) is 4.39 Å². The topological polar surface area (TPSA) is 107 Å². The van der Waals surface area contributed by atoms with E-state index in [1.165, 1.54) is 30.0 Å². The number of carbonyl (C=O) groups excluding carboxylic acids is 1. The normalized spacial score (nSPS) is 10.6. The van der Waals surface area contributed by atoms with Gasteiger partial charge in [-0.05, 0) is 31.2 Å². The molecule has 0 saturated carbocycles. The van der Waals surface area contributed by atoms with Crippen LogP contribution in [0.25, 0.3) is 0 Å². The van der Waals surface area contributed by atoms with Crippen molar-refractivity contribution in [3.63, 3.8) is 0 Å². The molecule has 0 aliphatic heterocycles. The van der Waals surface area contributed by atoms with Crippen molar-refractivity contribution >= 4 is 5.78 Å². The predicted molar refractivity (Wildman–Crippen MR) is 103 cm³/mol. The number of rotatable bonds is 8. The minimum atomic E-state index is -0.630. The number of pyridine rings is 1. The molecule has 8 nitrogen and oxygen atoms in total. The largest absolute Gasteiger partial charge is 0.485 e. The number of benzene rings is 1. The zero-order chi connectivity index (χ0) is 21.7. The molecule has 0 fully saturated rings. The van der Waals surface area contributed by atoms with Gasteiger partial charge >= 0.3 is 0 Å². The van der Waals surface area contributed by atoms with Crippen molar-refractivity contribution in [2.24, 2.45) is 0 Å². The standard InChI is InChI=1S/C21H18FN3O5/c1-13-7-17(30-24-13)12-29-19-4-3-16(22)9-18(19)20(26)15-8-14(10-23)21(27)25(11-15)5-6-28-2/h3-4,7-9,11H,5-6,12H2,1-2H3. The molecule has 0 aliphatic rings. The van der Waals surface area contributed by atoms with E-state index in [1.54, 1.807) is 19.1 Å². The summed E-state index contributed by atoms with van der Waals surface area (Å²) in [5.41, 5.74) is -0.0675. The van der Waals surface area contributed by atoms with Gasteiger partial charge in [0.2, 0.25) is 0 Å². The summed E-state index contributed by atoms with van der Waals surface area (Å²) in [5.74, 6) is -0.658. The highest BCUT2D eigenvalue weighted by Crippen LogP contribution is 2.24. The SMILES string of the molecule is COCCn1cc(C(=O)c2cc(F)ccc2OCc2cc(C)no2)cc(C#N)c1=O. The average molecular weight is 411 g/mol. The fourth-order valence-electron chi connectivity index (χ4n) is 2.79. The van der Waals surface area contributed by atoms with Crippen molar-refractivity contribution in [1.29, 1.82) is 5.26 Å². The first-order valence-electron chi connectivity index (χ1n) is 8.95. The van der Waals surface area contributed by atoms with Gasteiger partial charge in [0.05, 0.1) is 17.9 Å². The fourth-order valence-corrected chi connectivity index (χ4v) is 2.79. The number of ether oxygens (including phenoxy) is 2. The second-order valence-electron chi connectivity index (χ2n) is 6.44. The third-order valence-corrected chi connectivity index (χ3v) is 4.24. The molecule has 3 rings (SSSR count). The third kappa shape index (κ3) is 4.61. The van der Waals surface area contributed by atoms with Crippen LogP contribution in [-0.2, 0) is 17.9 Å². The van der Waals surface area contributed by atoms with Crippen molar-refractivity contribution in [2.75, 3.05) is 13.7 Å². The molecule has 2 heterocycles. The molecule has 154 valence electrons. The molecule has 1 aromatic carbocycles. The van der Waals surface area contributed by atoms with Crippen LogP contribution < -0.4 is 10.3 Å². The molecular formula is C21H18FN3O5. The van der Waals surface area contributed by atoms with Crippen LogP contribution in [0.2, 0.25) is 0 Å². The number of nitriles is 1. The van der Waals surface area contributed by atoms with Crippen LogP contribution in [0.15, 0.2) is 45.8 Å². The van der Waals surface area contributed by atoms with Crippen molar-refractivity contribution in [2.45, 2.75) is 20.1 Å². The molecule has 0 bridgehead atoms. The number of carbonyl (C=O) groups is 1. The fraction of sp³-hybridized carbons (Fsp3) is 0.238. The Kier molecular flexibility index (Phi) is 6.39. The first-order valence-corrected chi connectivity index (χ1v) is 8.95. The predicted octanol–water partition coefficient (Wildman–Crippen LogP) is 2.61. The number of aryl methyl sites for hydroxylation is 1. The van der Waals surface area contributed by atoms with Crippen LogP contribution >= 0.6 is 0 Å². The summed E-state index contributed by atoms with van der Waals surface area (Å²) in [6, 6.07) is 8.18. The second-order valence-corrected chi connectivity index (χ2v) is 6.44. The lowest BCUT2D eigenvalue weighted by Crippen LogP contribution is -2.25. The molecule has 0 amide bonds. The zero-order valence-electron chi connectivity index (χ0n) is 16.3. The summed E-state index contributed by atoms with van der Waals surface area (Å²) in [6.07, 6.45) is 1.32. The maximum absolute atomic E-state index is 13.9. The lowest BCUT2D eigenvalue weighted by atomic mass is 10.0. The highest BCUT2D eigenvalue weighted by molar-refractivity contribution is 6.10. The molecule has 2 aromatic heterocycles. The number of hydrogen-bond acceptors (Lipinski definition) is 7. The maximum atomic E-state index is 13.9. The van der Waals surface area contributed by atoms with Gasteiger partial charge in [-0.25, -0.2) is 4.39 Å². The first-order chi connectivity index (χ1) is 14.4. The summed E-state index contributed by atoms with van der Waals surface area (Å²) < 4.78 is 30.8. The Morgan fingerprint density at radius 3 is 2.80 bits per heavy atom. The number of nitrogens with zero attached hydrogens (tertiary/aromatic N) is 3. The van der Waals surface area contributed by atoms with E-state index >= 15 is 0 Å². The summed E-state index contributed by atoms with van der Waals surface area (Å²) in [5, 5.41) is 13.0. The molecule has 3 aromatic rings. The molecular weight excluding hydrogens is 393 g/mol. The quantitative estimate of drug-likeness (QED) is 0.524. The molecule has 0 aliphatic carbocycles. The summed E-state index contributed by atoms with van der Waals surface area (Å²) in [7, 11) is 1.47. The van der Waals surface area contributed by atoms with Gasteiger partial charge in [-0.1, -0.05) is 5.16 Å².